The number of hydrogen-bond acceptors (Lipinski definition) is 2. The normalized spacial score (nSPS) is 34.5. The Balaban J connectivity index is 1.86. The van der Waals surface area contributed by atoms with Gasteiger partial charge in [-0.25, -0.2) is 4.79 Å². The Labute approximate surface area is 85.3 Å². The molecule has 0 aliphatic heterocycles. The third kappa shape index (κ3) is 1.70. The molecule has 0 radical (unpaired) electrons. The van der Waals surface area contributed by atoms with E-state index in [0.717, 1.165) is 5.92 Å². The summed E-state index contributed by atoms with van der Waals surface area (Å²) in [7, 11) is 0. The van der Waals surface area contributed by atoms with E-state index in [1.54, 1.807) is 6.92 Å². The number of rotatable bonds is 3. The van der Waals surface area contributed by atoms with Crippen molar-refractivity contribution in [1.29, 1.82) is 0 Å². The standard InChI is InChI=1S/C12H18O2/c1-9(2)11(13)14-8-12-5-3-10(7-12)4-6-12/h10H,1,3-8H2,2H3. The first-order valence-electron chi connectivity index (χ1n) is 5.44. The summed E-state index contributed by atoms with van der Waals surface area (Å²) in [5.41, 5.74) is 0.851. The van der Waals surface area contributed by atoms with Gasteiger partial charge in [0.1, 0.15) is 0 Å². The monoisotopic (exact) mass is 194 g/mol. The molecular weight excluding hydrogens is 176 g/mol. The van der Waals surface area contributed by atoms with Crippen LogP contribution in [0.3, 0.4) is 0 Å². The molecule has 0 amide bonds. The maximum atomic E-state index is 11.2. The highest BCUT2D eigenvalue weighted by Crippen LogP contribution is 2.54. The highest BCUT2D eigenvalue weighted by Gasteiger charge is 2.45. The van der Waals surface area contributed by atoms with Crippen LogP contribution < -0.4 is 0 Å². The third-order valence-corrected chi connectivity index (χ3v) is 3.75. The van der Waals surface area contributed by atoms with Crippen molar-refractivity contribution < 1.29 is 9.53 Å². The van der Waals surface area contributed by atoms with Crippen LogP contribution in [-0.4, -0.2) is 12.6 Å². The van der Waals surface area contributed by atoms with Gasteiger partial charge in [-0.15, -0.1) is 0 Å². The van der Waals surface area contributed by atoms with Crippen molar-refractivity contribution in [3.05, 3.63) is 12.2 Å². The minimum atomic E-state index is -0.227. The fourth-order valence-corrected chi connectivity index (χ4v) is 2.86. The van der Waals surface area contributed by atoms with Gasteiger partial charge in [-0.05, 0) is 44.9 Å². The Hall–Kier alpha value is -0.790. The first-order valence-corrected chi connectivity index (χ1v) is 5.44. The van der Waals surface area contributed by atoms with Crippen LogP contribution in [-0.2, 0) is 9.53 Å². The molecule has 0 heterocycles. The summed E-state index contributed by atoms with van der Waals surface area (Å²) >= 11 is 0. The molecule has 2 bridgehead atoms. The Bertz CT molecular complexity index is 259. The molecule has 2 saturated carbocycles. The molecular formula is C12H18O2. The third-order valence-electron chi connectivity index (χ3n) is 3.75. The SMILES string of the molecule is C=C(C)C(=O)OCC12CCC(CC1)C2. The smallest absolute Gasteiger partial charge is 0.333 e. The maximum absolute atomic E-state index is 11.2. The average Bonchev–Trinajstić information content (AvgIpc) is 2.74. The molecule has 2 nitrogen and oxygen atoms in total. The molecule has 2 aliphatic carbocycles. The van der Waals surface area contributed by atoms with Gasteiger partial charge < -0.3 is 4.74 Å². The number of hydrogen-bond donors (Lipinski definition) is 0. The molecule has 14 heavy (non-hydrogen) atoms. The van der Waals surface area contributed by atoms with Gasteiger partial charge in [0.25, 0.3) is 0 Å². The first-order chi connectivity index (χ1) is 6.61. The van der Waals surface area contributed by atoms with Crippen molar-refractivity contribution in [1.82, 2.24) is 0 Å². The molecule has 0 N–H and O–H groups in total. The molecule has 0 aromatic rings. The Morgan fingerprint density at radius 3 is 2.57 bits per heavy atom. The van der Waals surface area contributed by atoms with Crippen molar-refractivity contribution in [2.45, 2.75) is 39.0 Å². The van der Waals surface area contributed by atoms with Crippen molar-refractivity contribution in [3.63, 3.8) is 0 Å². The van der Waals surface area contributed by atoms with Crippen LogP contribution in [0.25, 0.3) is 0 Å². The van der Waals surface area contributed by atoms with Gasteiger partial charge in [0, 0.05) is 11.0 Å². The predicted molar refractivity (Wildman–Crippen MR) is 54.8 cm³/mol. The van der Waals surface area contributed by atoms with E-state index in [1.807, 2.05) is 0 Å². The van der Waals surface area contributed by atoms with Gasteiger partial charge in [-0.2, -0.15) is 0 Å². The first kappa shape index (κ1) is 9.75. The molecule has 78 valence electrons. The fraction of sp³-hybridized carbons (Fsp3) is 0.750. The summed E-state index contributed by atoms with van der Waals surface area (Å²) in [5, 5.41) is 0. The van der Waals surface area contributed by atoms with Crippen LogP contribution >= 0.6 is 0 Å². The second kappa shape index (κ2) is 3.41. The lowest BCUT2D eigenvalue weighted by molar-refractivity contribution is -0.142. The molecule has 0 aromatic heterocycles. The van der Waals surface area contributed by atoms with E-state index in [1.165, 1.54) is 32.1 Å². The topological polar surface area (TPSA) is 26.3 Å². The number of ether oxygens (including phenoxy) is 1. The lowest BCUT2D eigenvalue weighted by atomic mass is 9.85. The molecule has 0 aromatic carbocycles. The van der Waals surface area contributed by atoms with E-state index in [9.17, 15) is 4.79 Å². The Morgan fingerprint density at radius 2 is 2.14 bits per heavy atom. The summed E-state index contributed by atoms with van der Waals surface area (Å²) in [6.45, 7) is 5.91. The Kier molecular flexibility index (Phi) is 2.38. The summed E-state index contributed by atoms with van der Waals surface area (Å²) in [5.74, 6) is 0.688. The van der Waals surface area contributed by atoms with Gasteiger partial charge in [0.2, 0.25) is 0 Å². The van der Waals surface area contributed by atoms with E-state index in [0.29, 0.717) is 17.6 Å². The summed E-state index contributed by atoms with van der Waals surface area (Å²) in [6.07, 6.45) is 6.45. The van der Waals surface area contributed by atoms with Gasteiger partial charge in [-0.1, -0.05) is 6.58 Å². The zero-order valence-corrected chi connectivity index (χ0v) is 8.84. The van der Waals surface area contributed by atoms with Crippen LogP contribution in [0.1, 0.15) is 39.0 Å². The van der Waals surface area contributed by atoms with E-state index >= 15 is 0 Å². The summed E-state index contributed by atoms with van der Waals surface area (Å²) in [4.78, 5) is 11.2. The van der Waals surface area contributed by atoms with E-state index < -0.39 is 0 Å². The fourth-order valence-electron chi connectivity index (χ4n) is 2.86. The van der Waals surface area contributed by atoms with Crippen molar-refractivity contribution in [2.75, 3.05) is 6.61 Å². The number of carbonyl (C=O) groups is 1. The average molecular weight is 194 g/mol. The predicted octanol–water partition coefficient (Wildman–Crippen LogP) is 2.69. The number of carbonyl (C=O) groups excluding carboxylic acids is 1. The van der Waals surface area contributed by atoms with Crippen molar-refractivity contribution in [2.24, 2.45) is 11.3 Å². The zero-order chi connectivity index (χ0) is 10.2. The summed E-state index contributed by atoms with van der Waals surface area (Å²) < 4.78 is 5.27. The van der Waals surface area contributed by atoms with Crippen LogP contribution in [0, 0.1) is 11.3 Å². The number of fused-ring (bicyclic) bond motifs is 2. The van der Waals surface area contributed by atoms with E-state index in [2.05, 4.69) is 6.58 Å². The molecule has 0 unspecified atom stereocenters. The zero-order valence-electron chi connectivity index (χ0n) is 8.84. The Morgan fingerprint density at radius 1 is 1.50 bits per heavy atom. The molecule has 2 fully saturated rings. The molecule has 0 spiro atoms. The minimum absolute atomic E-state index is 0.227. The molecule has 2 aliphatic rings. The van der Waals surface area contributed by atoms with Crippen LogP contribution in [0.2, 0.25) is 0 Å². The second-order valence-corrected chi connectivity index (χ2v) is 5.00. The lowest BCUT2D eigenvalue weighted by Gasteiger charge is -2.25. The minimum Gasteiger partial charge on any atom is -0.462 e. The highest BCUT2D eigenvalue weighted by atomic mass is 16.5. The maximum Gasteiger partial charge on any atom is 0.333 e. The van der Waals surface area contributed by atoms with Crippen LogP contribution in [0.4, 0.5) is 0 Å². The van der Waals surface area contributed by atoms with E-state index in [-0.39, 0.29) is 5.97 Å². The molecule has 0 saturated heterocycles. The quantitative estimate of drug-likeness (QED) is 0.510. The second-order valence-electron chi connectivity index (χ2n) is 5.00. The van der Waals surface area contributed by atoms with Gasteiger partial charge in [0.15, 0.2) is 0 Å². The van der Waals surface area contributed by atoms with Gasteiger partial charge >= 0.3 is 5.97 Å². The highest BCUT2D eigenvalue weighted by molar-refractivity contribution is 5.86. The van der Waals surface area contributed by atoms with Crippen LogP contribution in [0.15, 0.2) is 12.2 Å². The van der Waals surface area contributed by atoms with Gasteiger partial charge in [0.05, 0.1) is 6.61 Å². The van der Waals surface area contributed by atoms with Gasteiger partial charge in [-0.3, -0.25) is 0 Å². The van der Waals surface area contributed by atoms with E-state index in [4.69, 9.17) is 4.74 Å². The largest absolute Gasteiger partial charge is 0.462 e. The molecule has 2 heteroatoms. The molecule has 2 rings (SSSR count). The van der Waals surface area contributed by atoms with Crippen LogP contribution in [0.5, 0.6) is 0 Å². The lowest BCUT2D eigenvalue weighted by Crippen LogP contribution is -2.23. The molecule has 0 atom stereocenters. The summed E-state index contributed by atoms with van der Waals surface area (Å²) in [6, 6.07) is 0. The van der Waals surface area contributed by atoms with Crippen molar-refractivity contribution >= 4 is 5.97 Å². The number of esters is 1. The van der Waals surface area contributed by atoms with Crippen molar-refractivity contribution in [3.8, 4) is 0 Å².